The number of hydrogen-bond acceptors (Lipinski definition) is 4. The van der Waals surface area contributed by atoms with Crippen LogP contribution in [0.1, 0.15) is 34.0 Å². The van der Waals surface area contributed by atoms with Gasteiger partial charge in [0.2, 0.25) is 0 Å². The summed E-state index contributed by atoms with van der Waals surface area (Å²) < 4.78 is 18.7. The van der Waals surface area contributed by atoms with Crippen molar-refractivity contribution in [3.8, 4) is 28.4 Å². The molecule has 194 valence electrons. The molecule has 4 nitrogen and oxygen atoms in total. The smallest absolute Gasteiger partial charge is 0.162 e. The first-order valence-electron chi connectivity index (χ1n) is 13.0. The van der Waals surface area contributed by atoms with E-state index in [4.69, 9.17) is 14.2 Å². The molecule has 0 spiro atoms. The molecule has 0 aliphatic heterocycles. The molecule has 0 saturated carbocycles. The van der Waals surface area contributed by atoms with Crippen LogP contribution in [0.4, 0.5) is 0 Å². The summed E-state index contributed by atoms with van der Waals surface area (Å²) in [4.78, 5) is 12.1. The van der Waals surface area contributed by atoms with Crippen molar-refractivity contribution in [3.05, 3.63) is 150 Å². The van der Waals surface area contributed by atoms with Gasteiger partial charge in [-0.3, -0.25) is 4.79 Å². The van der Waals surface area contributed by atoms with E-state index in [0.29, 0.717) is 42.6 Å². The first kappa shape index (κ1) is 25.8. The SMILES string of the molecule is CC(=O)c1ccc(-c2ccc(OCc3ccccc3)c(OCc3ccccc3)c2)c(OCc2ccccc2)c1. The molecule has 5 aromatic rings. The Morgan fingerprint density at radius 2 is 1.00 bits per heavy atom. The second-order valence-electron chi connectivity index (χ2n) is 9.25. The lowest BCUT2D eigenvalue weighted by Crippen LogP contribution is -2.02. The fourth-order valence-corrected chi connectivity index (χ4v) is 4.21. The second kappa shape index (κ2) is 12.6. The number of ketones is 1. The molecule has 0 fully saturated rings. The van der Waals surface area contributed by atoms with Gasteiger partial charge in [-0.05, 0) is 53.4 Å². The number of carbonyl (C=O) groups is 1. The predicted octanol–water partition coefficient (Wildman–Crippen LogP) is 8.29. The number of ether oxygens (including phenoxy) is 3. The summed E-state index contributed by atoms with van der Waals surface area (Å²) in [5.41, 5.74) is 5.57. The Kier molecular flexibility index (Phi) is 8.35. The van der Waals surface area contributed by atoms with Gasteiger partial charge in [0.1, 0.15) is 25.6 Å². The number of benzene rings is 5. The van der Waals surface area contributed by atoms with E-state index in [2.05, 4.69) is 0 Å². The molecule has 0 unspecified atom stereocenters. The Labute approximate surface area is 229 Å². The Morgan fingerprint density at radius 1 is 0.513 bits per heavy atom. The number of carbonyl (C=O) groups excluding carboxylic acids is 1. The van der Waals surface area contributed by atoms with Gasteiger partial charge in [0.15, 0.2) is 17.3 Å². The van der Waals surface area contributed by atoms with Crippen molar-refractivity contribution in [2.45, 2.75) is 26.7 Å². The highest BCUT2D eigenvalue weighted by Gasteiger charge is 2.15. The lowest BCUT2D eigenvalue weighted by Gasteiger charge is -2.17. The van der Waals surface area contributed by atoms with Gasteiger partial charge in [-0.2, -0.15) is 0 Å². The van der Waals surface area contributed by atoms with Crippen molar-refractivity contribution >= 4 is 5.78 Å². The average molecular weight is 515 g/mol. The third-order valence-electron chi connectivity index (χ3n) is 6.35. The standard InChI is InChI=1S/C35H30O4/c1-26(36)30-17-19-32(34(21-30)38-24-28-13-7-3-8-14-28)31-18-20-33(37-23-27-11-5-2-6-12-27)35(22-31)39-25-29-15-9-4-10-16-29/h2-22H,23-25H2,1H3. The third-order valence-corrected chi connectivity index (χ3v) is 6.35. The van der Waals surface area contributed by atoms with E-state index in [1.165, 1.54) is 0 Å². The highest BCUT2D eigenvalue weighted by Crippen LogP contribution is 2.38. The van der Waals surface area contributed by atoms with Crippen LogP contribution in [0, 0.1) is 0 Å². The molecule has 5 aromatic carbocycles. The van der Waals surface area contributed by atoms with Crippen molar-refractivity contribution < 1.29 is 19.0 Å². The van der Waals surface area contributed by atoms with E-state index < -0.39 is 0 Å². The van der Waals surface area contributed by atoms with E-state index in [1.807, 2.05) is 127 Å². The predicted molar refractivity (Wildman–Crippen MR) is 154 cm³/mol. The lowest BCUT2D eigenvalue weighted by atomic mass is 10.0. The van der Waals surface area contributed by atoms with Gasteiger partial charge < -0.3 is 14.2 Å². The minimum atomic E-state index is -0.0114. The van der Waals surface area contributed by atoms with Crippen molar-refractivity contribution in [2.75, 3.05) is 0 Å². The van der Waals surface area contributed by atoms with E-state index in [-0.39, 0.29) is 5.78 Å². The molecular formula is C35H30O4. The van der Waals surface area contributed by atoms with Crippen molar-refractivity contribution in [3.63, 3.8) is 0 Å². The van der Waals surface area contributed by atoms with Crippen LogP contribution in [-0.2, 0) is 19.8 Å². The zero-order chi connectivity index (χ0) is 26.9. The minimum Gasteiger partial charge on any atom is -0.488 e. The van der Waals surface area contributed by atoms with Crippen molar-refractivity contribution in [2.24, 2.45) is 0 Å². The van der Waals surface area contributed by atoms with Crippen molar-refractivity contribution in [1.29, 1.82) is 0 Å². The first-order chi connectivity index (χ1) is 19.2. The molecule has 0 radical (unpaired) electrons. The maximum Gasteiger partial charge on any atom is 0.162 e. The highest BCUT2D eigenvalue weighted by molar-refractivity contribution is 5.95. The maximum absolute atomic E-state index is 12.1. The summed E-state index contributed by atoms with van der Waals surface area (Å²) in [7, 11) is 0. The Bertz CT molecular complexity index is 1510. The fourth-order valence-electron chi connectivity index (χ4n) is 4.21. The topological polar surface area (TPSA) is 44.8 Å². The monoisotopic (exact) mass is 514 g/mol. The molecule has 0 saturated heterocycles. The largest absolute Gasteiger partial charge is 0.488 e. The van der Waals surface area contributed by atoms with Crippen LogP contribution < -0.4 is 14.2 Å². The molecule has 0 bridgehead atoms. The van der Waals surface area contributed by atoms with Crippen LogP contribution in [0.3, 0.4) is 0 Å². The second-order valence-corrected chi connectivity index (χ2v) is 9.25. The van der Waals surface area contributed by atoms with Crippen LogP contribution in [-0.4, -0.2) is 5.78 Å². The molecule has 4 heteroatoms. The van der Waals surface area contributed by atoms with Gasteiger partial charge >= 0.3 is 0 Å². The van der Waals surface area contributed by atoms with Crippen LogP contribution in [0.5, 0.6) is 17.2 Å². The molecule has 0 aliphatic carbocycles. The van der Waals surface area contributed by atoms with Crippen LogP contribution in [0.2, 0.25) is 0 Å². The van der Waals surface area contributed by atoms with E-state index in [0.717, 1.165) is 27.8 Å². The maximum atomic E-state index is 12.1. The number of Topliss-reactive ketones (excluding diaryl/α,β-unsaturated/α-hetero) is 1. The fraction of sp³-hybridized carbons (Fsp3) is 0.114. The molecule has 0 heterocycles. The quantitative estimate of drug-likeness (QED) is 0.166. The molecular weight excluding hydrogens is 484 g/mol. The molecule has 0 N–H and O–H groups in total. The van der Waals surface area contributed by atoms with Gasteiger partial charge in [0.25, 0.3) is 0 Å². The molecule has 0 atom stereocenters. The summed E-state index contributed by atoms with van der Waals surface area (Å²) in [6.07, 6.45) is 0. The highest BCUT2D eigenvalue weighted by atomic mass is 16.5. The van der Waals surface area contributed by atoms with Gasteiger partial charge in [0.05, 0.1) is 0 Å². The van der Waals surface area contributed by atoms with Gasteiger partial charge in [-0.25, -0.2) is 0 Å². The van der Waals surface area contributed by atoms with E-state index in [1.54, 1.807) is 6.92 Å². The van der Waals surface area contributed by atoms with Crippen molar-refractivity contribution in [1.82, 2.24) is 0 Å². The van der Waals surface area contributed by atoms with E-state index in [9.17, 15) is 4.79 Å². The first-order valence-corrected chi connectivity index (χ1v) is 13.0. The molecule has 0 amide bonds. The molecule has 0 aliphatic rings. The Morgan fingerprint density at radius 3 is 1.51 bits per heavy atom. The number of rotatable bonds is 11. The van der Waals surface area contributed by atoms with Crippen LogP contribution in [0.25, 0.3) is 11.1 Å². The molecule has 39 heavy (non-hydrogen) atoms. The van der Waals surface area contributed by atoms with E-state index >= 15 is 0 Å². The minimum absolute atomic E-state index is 0.0114. The molecule has 0 aromatic heterocycles. The zero-order valence-electron chi connectivity index (χ0n) is 21.9. The summed E-state index contributed by atoms with van der Waals surface area (Å²) in [5.74, 6) is 1.92. The average Bonchev–Trinajstić information content (AvgIpc) is 2.99. The summed E-state index contributed by atoms with van der Waals surface area (Å²) in [6.45, 7) is 2.79. The summed E-state index contributed by atoms with van der Waals surface area (Å²) in [6, 6.07) is 41.5. The van der Waals surface area contributed by atoms with Gasteiger partial charge in [-0.15, -0.1) is 0 Å². The Hall–Kier alpha value is -4.83. The number of hydrogen-bond donors (Lipinski definition) is 0. The summed E-state index contributed by atoms with van der Waals surface area (Å²) in [5, 5.41) is 0. The normalized spacial score (nSPS) is 10.6. The van der Waals surface area contributed by atoms with Gasteiger partial charge in [-0.1, -0.05) is 103 Å². The zero-order valence-corrected chi connectivity index (χ0v) is 21.9. The van der Waals surface area contributed by atoms with Crippen LogP contribution >= 0.6 is 0 Å². The summed E-state index contributed by atoms with van der Waals surface area (Å²) >= 11 is 0. The third kappa shape index (κ3) is 6.93. The Balaban J connectivity index is 1.46. The van der Waals surface area contributed by atoms with Crippen LogP contribution in [0.15, 0.2) is 127 Å². The molecule has 5 rings (SSSR count). The lowest BCUT2D eigenvalue weighted by molar-refractivity contribution is 0.101. The van der Waals surface area contributed by atoms with Gasteiger partial charge in [0, 0.05) is 11.1 Å².